The smallest absolute Gasteiger partial charge is 0.254 e. The van der Waals surface area contributed by atoms with E-state index in [1.165, 1.54) is 0 Å². The largest absolute Gasteiger partial charge is 0.378 e. The minimum atomic E-state index is -0.189. The zero-order valence-corrected chi connectivity index (χ0v) is 17.0. The Balaban J connectivity index is 1.64. The Morgan fingerprint density at radius 3 is 0.967 bits per heavy atom. The second-order valence-corrected chi connectivity index (χ2v) is 7.51. The van der Waals surface area contributed by atoms with E-state index < -0.39 is 0 Å². The molecule has 0 N–H and O–H groups in total. The third-order valence-corrected chi connectivity index (χ3v) is 5.57. The van der Waals surface area contributed by atoms with Crippen LogP contribution in [-0.4, -0.2) is 111 Å². The number of nitrogens with zero attached hydrogens (tertiary/aromatic N) is 3. The van der Waals surface area contributed by atoms with Crippen molar-refractivity contribution in [1.82, 2.24) is 14.7 Å². The molecule has 9 heteroatoms. The first-order chi connectivity index (χ1) is 14.6. The van der Waals surface area contributed by atoms with Gasteiger partial charge in [-0.15, -0.1) is 0 Å². The summed E-state index contributed by atoms with van der Waals surface area (Å²) in [5, 5.41) is 0. The molecule has 30 heavy (non-hydrogen) atoms. The zero-order chi connectivity index (χ0) is 20.9. The molecule has 3 aliphatic heterocycles. The van der Waals surface area contributed by atoms with Crippen molar-refractivity contribution in [2.45, 2.75) is 0 Å². The first-order valence-electron chi connectivity index (χ1n) is 10.4. The summed E-state index contributed by atoms with van der Waals surface area (Å²) >= 11 is 0. The molecular weight excluding hydrogens is 390 g/mol. The summed E-state index contributed by atoms with van der Waals surface area (Å²) in [6.07, 6.45) is 0. The lowest BCUT2D eigenvalue weighted by Gasteiger charge is -2.29. The predicted molar refractivity (Wildman–Crippen MR) is 107 cm³/mol. The highest BCUT2D eigenvalue weighted by molar-refractivity contribution is 6.04. The summed E-state index contributed by atoms with van der Waals surface area (Å²) in [7, 11) is 0. The molecule has 4 rings (SSSR count). The molecule has 0 spiro atoms. The van der Waals surface area contributed by atoms with E-state index in [-0.39, 0.29) is 17.7 Å². The normalized spacial score (nSPS) is 20.2. The molecule has 162 valence electrons. The number of amides is 3. The molecular formula is C21H27N3O6. The Bertz CT molecular complexity index is 679. The predicted octanol–water partition coefficient (Wildman–Crippen LogP) is 0.104. The second kappa shape index (κ2) is 9.55. The van der Waals surface area contributed by atoms with Crippen LogP contribution in [0.5, 0.6) is 0 Å². The van der Waals surface area contributed by atoms with Crippen molar-refractivity contribution in [3.8, 4) is 0 Å². The first kappa shape index (κ1) is 20.8. The monoisotopic (exact) mass is 417 g/mol. The molecule has 1 aromatic rings. The number of benzene rings is 1. The molecule has 0 radical (unpaired) electrons. The van der Waals surface area contributed by atoms with Gasteiger partial charge in [-0.2, -0.15) is 0 Å². The Kier molecular flexibility index (Phi) is 6.61. The van der Waals surface area contributed by atoms with Gasteiger partial charge in [-0.3, -0.25) is 14.4 Å². The highest BCUT2D eigenvalue weighted by atomic mass is 16.5. The summed E-state index contributed by atoms with van der Waals surface area (Å²) in [6, 6.07) is 4.81. The maximum atomic E-state index is 13.1. The van der Waals surface area contributed by atoms with Crippen molar-refractivity contribution in [2.24, 2.45) is 0 Å². The van der Waals surface area contributed by atoms with Crippen LogP contribution < -0.4 is 0 Å². The van der Waals surface area contributed by atoms with E-state index in [0.717, 1.165) is 0 Å². The molecule has 0 atom stereocenters. The van der Waals surface area contributed by atoms with Gasteiger partial charge in [0, 0.05) is 56.0 Å². The lowest BCUT2D eigenvalue weighted by molar-refractivity contribution is 0.0293. The van der Waals surface area contributed by atoms with Gasteiger partial charge in [0.15, 0.2) is 0 Å². The van der Waals surface area contributed by atoms with Crippen molar-refractivity contribution in [3.63, 3.8) is 0 Å². The number of hydrogen-bond donors (Lipinski definition) is 0. The SMILES string of the molecule is O=C(c1cc(C(=O)N2CCOCC2)cc(C(=O)N2CCOCC2)c1)N1CCOCC1. The molecule has 0 saturated carbocycles. The highest BCUT2D eigenvalue weighted by Gasteiger charge is 2.26. The van der Waals surface area contributed by atoms with Gasteiger partial charge in [0.25, 0.3) is 17.7 Å². The molecule has 0 bridgehead atoms. The van der Waals surface area contributed by atoms with Crippen LogP contribution >= 0.6 is 0 Å². The summed E-state index contributed by atoms with van der Waals surface area (Å²) in [6.45, 7) is 5.86. The van der Waals surface area contributed by atoms with Crippen LogP contribution in [0.2, 0.25) is 0 Å². The van der Waals surface area contributed by atoms with E-state index in [2.05, 4.69) is 0 Å². The number of hydrogen-bond acceptors (Lipinski definition) is 6. The number of ether oxygens (including phenoxy) is 3. The molecule has 3 aliphatic rings. The summed E-state index contributed by atoms with van der Waals surface area (Å²) in [5.74, 6) is -0.567. The standard InChI is InChI=1S/C21H27N3O6/c25-19(22-1-7-28-8-2-22)16-13-17(20(26)23-3-9-29-10-4-23)15-18(14-16)21(27)24-5-11-30-12-6-24/h13-15H,1-12H2. The lowest BCUT2D eigenvalue weighted by atomic mass is 10.0. The van der Waals surface area contributed by atoms with E-state index in [9.17, 15) is 14.4 Å². The van der Waals surface area contributed by atoms with Crippen LogP contribution in [-0.2, 0) is 14.2 Å². The Labute approximate surface area is 175 Å². The van der Waals surface area contributed by atoms with E-state index in [1.807, 2.05) is 0 Å². The van der Waals surface area contributed by atoms with Gasteiger partial charge in [0.1, 0.15) is 0 Å². The molecule has 0 aromatic heterocycles. The van der Waals surface area contributed by atoms with Crippen LogP contribution in [0.25, 0.3) is 0 Å². The Morgan fingerprint density at radius 1 is 0.500 bits per heavy atom. The van der Waals surface area contributed by atoms with Crippen LogP contribution in [0.3, 0.4) is 0 Å². The average Bonchev–Trinajstić information content (AvgIpc) is 2.84. The van der Waals surface area contributed by atoms with Gasteiger partial charge in [0.05, 0.1) is 39.6 Å². The first-order valence-corrected chi connectivity index (χ1v) is 10.4. The fraction of sp³-hybridized carbons (Fsp3) is 0.571. The van der Waals surface area contributed by atoms with Crippen molar-refractivity contribution >= 4 is 17.7 Å². The molecule has 1 aromatic carbocycles. The topological polar surface area (TPSA) is 88.6 Å². The van der Waals surface area contributed by atoms with Gasteiger partial charge in [-0.1, -0.05) is 0 Å². The summed E-state index contributed by atoms with van der Waals surface area (Å²) in [4.78, 5) is 44.3. The number of carbonyl (C=O) groups excluding carboxylic acids is 3. The fourth-order valence-corrected chi connectivity index (χ4v) is 3.85. The maximum Gasteiger partial charge on any atom is 0.254 e. The van der Waals surface area contributed by atoms with Gasteiger partial charge >= 0.3 is 0 Å². The third kappa shape index (κ3) is 4.63. The van der Waals surface area contributed by atoms with E-state index in [4.69, 9.17) is 14.2 Å². The second-order valence-electron chi connectivity index (χ2n) is 7.51. The molecule has 9 nitrogen and oxygen atoms in total. The molecule has 3 fully saturated rings. The number of morpholine rings is 3. The summed E-state index contributed by atoms with van der Waals surface area (Å²) < 4.78 is 16.0. The van der Waals surface area contributed by atoms with Gasteiger partial charge < -0.3 is 28.9 Å². The van der Waals surface area contributed by atoms with Crippen molar-refractivity contribution in [1.29, 1.82) is 0 Å². The quantitative estimate of drug-likeness (QED) is 0.693. The van der Waals surface area contributed by atoms with Gasteiger partial charge in [-0.25, -0.2) is 0 Å². The minimum Gasteiger partial charge on any atom is -0.378 e. The number of rotatable bonds is 3. The van der Waals surface area contributed by atoms with E-state index in [0.29, 0.717) is 95.6 Å². The van der Waals surface area contributed by atoms with E-state index in [1.54, 1.807) is 32.9 Å². The zero-order valence-electron chi connectivity index (χ0n) is 17.0. The minimum absolute atomic E-state index is 0.189. The molecule has 3 saturated heterocycles. The van der Waals surface area contributed by atoms with E-state index >= 15 is 0 Å². The lowest BCUT2D eigenvalue weighted by Crippen LogP contribution is -2.43. The number of carbonyl (C=O) groups is 3. The summed E-state index contributed by atoms with van der Waals surface area (Å²) in [5.41, 5.74) is 1.06. The van der Waals surface area contributed by atoms with Gasteiger partial charge in [0.2, 0.25) is 0 Å². The fourth-order valence-electron chi connectivity index (χ4n) is 3.85. The average molecular weight is 417 g/mol. The molecule has 0 unspecified atom stereocenters. The van der Waals surface area contributed by atoms with Crippen molar-refractivity contribution in [2.75, 3.05) is 78.9 Å². The third-order valence-electron chi connectivity index (χ3n) is 5.57. The Hall–Kier alpha value is -2.49. The van der Waals surface area contributed by atoms with Crippen LogP contribution in [0, 0.1) is 0 Å². The van der Waals surface area contributed by atoms with Crippen molar-refractivity contribution < 1.29 is 28.6 Å². The van der Waals surface area contributed by atoms with Crippen molar-refractivity contribution in [3.05, 3.63) is 34.9 Å². The molecule has 3 heterocycles. The van der Waals surface area contributed by atoms with Gasteiger partial charge in [-0.05, 0) is 18.2 Å². The van der Waals surface area contributed by atoms with Crippen LogP contribution in [0.4, 0.5) is 0 Å². The maximum absolute atomic E-state index is 13.1. The van der Waals surface area contributed by atoms with Crippen LogP contribution in [0.15, 0.2) is 18.2 Å². The molecule has 3 amide bonds. The Morgan fingerprint density at radius 2 is 0.733 bits per heavy atom. The highest BCUT2D eigenvalue weighted by Crippen LogP contribution is 2.18. The molecule has 0 aliphatic carbocycles. The van der Waals surface area contributed by atoms with Crippen LogP contribution in [0.1, 0.15) is 31.1 Å².